The second-order valence-corrected chi connectivity index (χ2v) is 7.47. The second kappa shape index (κ2) is 7.26. The van der Waals surface area contributed by atoms with E-state index in [0.29, 0.717) is 18.1 Å². The molecule has 146 valence electrons. The Morgan fingerprint density at radius 2 is 2.04 bits per heavy atom. The number of carbonyl (C=O) groups excluding carboxylic acids is 1. The SMILES string of the molecule is CCOc1ccc(C(C)NC(=O)c2cc(C3CC3)nc3c2c(C)nn3C)cc1. The van der Waals surface area contributed by atoms with Crippen molar-refractivity contribution >= 4 is 16.9 Å². The van der Waals surface area contributed by atoms with E-state index in [1.165, 1.54) is 0 Å². The number of nitrogens with one attached hydrogen (secondary N) is 1. The first kappa shape index (κ1) is 18.5. The van der Waals surface area contributed by atoms with Gasteiger partial charge in [-0.05, 0) is 57.4 Å². The van der Waals surface area contributed by atoms with Gasteiger partial charge in [0.1, 0.15) is 5.75 Å². The topological polar surface area (TPSA) is 69.0 Å². The summed E-state index contributed by atoms with van der Waals surface area (Å²) in [7, 11) is 1.88. The number of aryl methyl sites for hydroxylation is 2. The van der Waals surface area contributed by atoms with E-state index >= 15 is 0 Å². The zero-order valence-corrected chi connectivity index (χ0v) is 16.8. The van der Waals surface area contributed by atoms with Gasteiger partial charge in [0.05, 0.1) is 29.3 Å². The van der Waals surface area contributed by atoms with Gasteiger partial charge in [-0.15, -0.1) is 0 Å². The average Bonchev–Trinajstić information content (AvgIpc) is 3.48. The van der Waals surface area contributed by atoms with E-state index in [1.54, 1.807) is 4.68 Å². The van der Waals surface area contributed by atoms with E-state index < -0.39 is 0 Å². The number of ether oxygens (including phenoxy) is 1. The predicted molar refractivity (Wildman–Crippen MR) is 109 cm³/mol. The highest BCUT2D eigenvalue weighted by Gasteiger charge is 2.28. The largest absolute Gasteiger partial charge is 0.494 e. The molecule has 1 aliphatic rings. The minimum atomic E-state index is -0.118. The summed E-state index contributed by atoms with van der Waals surface area (Å²) in [5, 5.41) is 8.45. The Balaban J connectivity index is 1.63. The lowest BCUT2D eigenvalue weighted by atomic mass is 10.0. The van der Waals surface area contributed by atoms with Crippen molar-refractivity contribution in [1.82, 2.24) is 20.1 Å². The summed E-state index contributed by atoms with van der Waals surface area (Å²) in [6, 6.07) is 9.68. The van der Waals surface area contributed by atoms with Gasteiger partial charge in [-0.3, -0.25) is 9.48 Å². The summed E-state index contributed by atoms with van der Waals surface area (Å²) >= 11 is 0. The van der Waals surface area contributed by atoms with Crippen molar-refractivity contribution in [3.05, 3.63) is 52.8 Å². The number of benzene rings is 1. The van der Waals surface area contributed by atoms with Crippen LogP contribution >= 0.6 is 0 Å². The summed E-state index contributed by atoms with van der Waals surface area (Å²) in [4.78, 5) is 17.9. The first-order chi connectivity index (χ1) is 13.5. The highest BCUT2D eigenvalue weighted by atomic mass is 16.5. The van der Waals surface area contributed by atoms with Crippen molar-refractivity contribution in [2.75, 3.05) is 6.61 Å². The van der Waals surface area contributed by atoms with E-state index in [2.05, 4.69) is 10.4 Å². The summed E-state index contributed by atoms with van der Waals surface area (Å²) in [5.74, 6) is 1.21. The van der Waals surface area contributed by atoms with Gasteiger partial charge in [-0.2, -0.15) is 5.10 Å². The number of hydrogen-bond donors (Lipinski definition) is 1. The minimum Gasteiger partial charge on any atom is -0.494 e. The average molecular weight is 378 g/mol. The van der Waals surface area contributed by atoms with Gasteiger partial charge in [-0.25, -0.2) is 4.98 Å². The van der Waals surface area contributed by atoms with Crippen LogP contribution in [-0.2, 0) is 7.05 Å². The molecule has 2 heterocycles. The Bertz CT molecular complexity index is 1020. The Kier molecular flexibility index (Phi) is 4.79. The molecular formula is C22H26N4O2. The van der Waals surface area contributed by atoms with Crippen LogP contribution in [0, 0.1) is 6.92 Å². The number of fused-ring (bicyclic) bond motifs is 1. The van der Waals surface area contributed by atoms with Crippen molar-refractivity contribution < 1.29 is 9.53 Å². The zero-order chi connectivity index (χ0) is 19.8. The number of rotatable bonds is 6. The smallest absolute Gasteiger partial charge is 0.252 e. The molecule has 1 atom stereocenters. The lowest BCUT2D eigenvalue weighted by molar-refractivity contribution is 0.0941. The lowest BCUT2D eigenvalue weighted by Crippen LogP contribution is -2.27. The summed E-state index contributed by atoms with van der Waals surface area (Å²) in [6.07, 6.45) is 2.28. The molecule has 1 aliphatic carbocycles. The van der Waals surface area contributed by atoms with Crippen molar-refractivity contribution in [3.8, 4) is 5.75 Å². The molecule has 1 fully saturated rings. The van der Waals surface area contributed by atoms with Crippen LogP contribution in [0.2, 0.25) is 0 Å². The molecule has 3 aromatic rings. The van der Waals surface area contributed by atoms with E-state index in [9.17, 15) is 4.79 Å². The van der Waals surface area contributed by atoms with Crippen LogP contribution in [0.15, 0.2) is 30.3 Å². The van der Waals surface area contributed by atoms with E-state index in [1.807, 2.05) is 58.2 Å². The van der Waals surface area contributed by atoms with Crippen LogP contribution in [0.3, 0.4) is 0 Å². The van der Waals surface area contributed by atoms with Crippen molar-refractivity contribution in [1.29, 1.82) is 0 Å². The molecule has 0 aliphatic heterocycles. The zero-order valence-electron chi connectivity index (χ0n) is 16.8. The van der Waals surface area contributed by atoms with Crippen LogP contribution in [0.5, 0.6) is 5.75 Å². The van der Waals surface area contributed by atoms with Gasteiger partial charge in [0.25, 0.3) is 5.91 Å². The van der Waals surface area contributed by atoms with E-state index in [4.69, 9.17) is 9.72 Å². The summed E-state index contributed by atoms with van der Waals surface area (Å²) in [6.45, 7) is 6.51. The van der Waals surface area contributed by atoms with Crippen molar-refractivity contribution in [2.24, 2.45) is 7.05 Å². The molecule has 0 bridgehead atoms. The van der Waals surface area contributed by atoms with Crippen LogP contribution in [0.4, 0.5) is 0 Å². The number of aromatic nitrogens is 3. The van der Waals surface area contributed by atoms with Crippen LogP contribution in [0.1, 0.15) is 66.0 Å². The molecule has 1 amide bonds. The molecule has 1 aromatic carbocycles. The van der Waals surface area contributed by atoms with Crippen LogP contribution in [-0.4, -0.2) is 27.3 Å². The molecule has 1 N–H and O–H groups in total. The fourth-order valence-electron chi connectivity index (χ4n) is 3.61. The predicted octanol–water partition coefficient (Wildman–Crippen LogP) is 4.04. The van der Waals surface area contributed by atoms with Gasteiger partial charge in [0.15, 0.2) is 5.65 Å². The Morgan fingerprint density at radius 3 is 2.68 bits per heavy atom. The highest BCUT2D eigenvalue weighted by molar-refractivity contribution is 6.06. The third-order valence-corrected chi connectivity index (χ3v) is 5.27. The maximum atomic E-state index is 13.2. The summed E-state index contributed by atoms with van der Waals surface area (Å²) in [5.41, 5.74) is 4.30. The molecule has 4 rings (SSSR count). The number of hydrogen-bond acceptors (Lipinski definition) is 4. The van der Waals surface area contributed by atoms with Gasteiger partial charge >= 0.3 is 0 Å². The van der Waals surface area contributed by atoms with E-state index in [-0.39, 0.29) is 11.9 Å². The number of amides is 1. The fraction of sp³-hybridized carbons (Fsp3) is 0.409. The van der Waals surface area contributed by atoms with Crippen molar-refractivity contribution in [3.63, 3.8) is 0 Å². The number of carbonyl (C=O) groups is 1. The fourth-order valence-corrected chi connectivity index (χ4v) is 3.61. The van der Waals surface area contributed by atoms with Crippen molar-refractivity contribution in [2.45, 2.75) is 45.6 Å². The molecule has 6 heteroatoms. The molecule has 6 nitrogen and oxygen atoms in total. The molecule has 28 heavy (non-hydrogen) atoms. The Morgan fingerprint density at radius 1 is 1.32 bits per heavy atom. The Labute approximate surface area is 164 Å². The molecule has 0 radical (unpaired) electrons. The maximum absolute atomic E-state index is 13.2. The normalized spacial score (nSPS) is 14.9. The molecule has 2 aromatic heterocycles. The molecule has 1 saturated carbocycles. The van der Waals surface area contributed by atoms with E-state index in [0.717, 1.165) is 46.6 Å². The van der Waals surface area contributed by atoms with Crippen LogP contribution < -0.4 is 10.1 Å². The number of nitrogens with zero attached hydrogens (tertiary/aromatic N) is 3. The quantitative estimate of drug-likeness (QED) is 0.703. The highest BCUT2D eigenvalue weighted by Crippen LogP contribution is 2.40. The molecular weight excluding hydrogens is 352 g/mol. The molecule has 0 spiro atoms. The van der Waals surface area contributed by atoms with Gasteiger partial charge in [0.2, 0.25) is 0 Å². The monoisotopic (exact) mass is 378 g/mol. The molecule has 1 unspecified atom stereocenters. The lowest BCUT2D eigenvalue weighted by Gasteiger charge is -2.16. The molecule has 0 saturated heterocycles. The minimum absolute atomic E-state index is 0.0909. The van der Waals surface area contributed by atoms with Gasteiger partial charge < -0.3 is 10.1 Å². The maximum Gasteiger partial charge on any atom is 0.252 e. The summed E-state index contributed by atoms with van der Waals surface area (Å²) < 4.78 is 7.26. The second-order valence-electron chi connectivity index (χ2n) is 7.47. The first-order valence-corrected chi connectivity index (χ1v) is 9.85. The van der Waals surface area contributed by atoms with Gasteiger partial charge in [-0.1, -0.05) is 12.1 Å². The Hall–Kier alpha value is -2.89. The van der Waals surface area contributed by atoms with Gasteiger partial charge in [0, 0.05) is 18.7 Å². The third-order valence-electron chi connectivity index (χ3n) is 5.27. The number of pyridine rings is 1. The third kappa shape index (κ3) is 3.46. The first-order valence-electron chi connectivity index (χ1n) is 9.85. The van der Waals surface area contributed by atoms with Crippen LogP contribution in [0.25, 0.3) is 11.0 Å². The standard InChI is InChI=1S/C22H26N4O2/c1-5-28-17-10-8-15(9-11-17)13(2)23-22(27)18-12-19(16-6-7-16)24-21-20(18)14(3)25-26(21)4/h8-13,16H,5-7H2,1-4H3,(H,23,27).